The molecule has 1 fully saturated rings. The largest absolute Gasteiger partial charge is 0.353 e. The number of fused-ring (bicyclic) bond motifs is 1. The topological polar surface area (TPSA) is 45.2 Å². The molecule has 4 nitrogen and oxygen atoms in total. The Balaban J connectivity index is 1.57. The summed E-state index contributed by atoms with van der Waals surface area (Å²) in [5, 5.41) is 4.45. The molecule has 0 radical (unpaired) electrons. The van der Waals surface area contributed by atoms with Gasteiger partial charge >= 0.3 is 0 Å². The summed E-state index contributed by atoms with van der Waals surface area (Å²) in [5.41, 5.74) is 3.64. The average Bonchev–Trinajstić information content (AvgIpc) is 3.18. The van der Waals surface area contributed by atoms with Gasteiger partial charge in [-0.05, 0) is 69.3 Å². The molecule has 0 aliphatic heterocycles. The zero-order chi connectivity index (χ0) is 23.1. The molecule has 1 saturated carbocycles. The number of hydrogen-bond donors (Lipinski definition) is 1. The van der Waals surface area contributed by atoms with Gasteiger partial charge in [0.15, 0.2) is 0 Å². The van der Waals surface area contributed by atoms with Crippen LogP contribution in [0.25, 0.3) is 10.2 Å². The summed E-state index contributed by atoms with van der Waals surface area (Å²) in [6.07, 6.45) is 9.46. The molecule has 2 aromatic rings. The fourth-order valence-electron chi connectivity index (χ4n) is 4.62. The zero-order valence-electron chi connectivity index (χ0n) is 20.5. The minimum Gasteiger partial charge on any atom is -0.353 e. The van der Waals surface area contributed by atoms with Crippen LogP contribution in [0.3, 0.4) is 0 Å². The van der Waals surface area contributed by atoms with Crippen LogP contribution < -0.4 is 5.32 Å². The monoisotopic (exact) mass is 455 g/mol. The lowest BCUT2D eigenvalue weighted by Gasteiger charge is -2.32. The van der Waals surface area contributed by atoms with Crippen molar-refractivity contribution in [2.24, 2.45) is 5.92 Å². The average molecular weight is 456 g/mol. The van der Waals surface area contributed by atoms with Crippen LogP contribution in [0.1, 0.15) is 81.7 Å². The van der Waals surface area contributed by atoms with E-state index in [9.17, 15) is 4.79 Å². The maximum absolute atomic E-state index is 12.9. The van der Waals surface area contributed by atoms with Gasteiger partial charge in [-0.15, -0.1) is 11.3 Å². The van der Waals surface area contributed by atoms with Crippen molar-refractivity contribution in [3.05, 3.63) is 40.9 Å². The van der Waals surface area contributed by atoms with Gasteiger partial charge in [0.25, 0.3) is 0 Å². The van der Waals surface area contributed by atoms with Crippen molar-refractivity contribution in [2.75, 3.05) is 20.6 Å². The number of aryl methyl sites for hydroxylation is 1. The van der Waals surface area contributed by atoms with Crippen LogP contribution in [-0.4, -0.2) is 42.5 Å². The molecule has 0 bridgehead atoms. The van der Waals surface area contributed by atoms with Crippen LogP contribution in [0.2, 0.25) is 0 Å². The molecular weight excluding hydrogens is 414 g/mol. The van der Waals surface area contributed by atoms with Crippen LogP contribution in [0.15, 0.2) is 30.4 Å². The molecule has 1 aromatic heterocycles. The zero-order valence-corrected chi connectivity index (χ0v) is 21.3. The molecule has 3 rings (SSSR count). The molecular formula is C27H41N3OS. The standard InChI is InChI=1S/C27H41N3OS/c1-19(2)22-11-12-23-25(18-22)32-27(29-23)14-13-26(31)28-24(21-9-7-6-8-10-21)17-20(3)15-16-30(4)5/h11-12,18-19,21,24H,3,6-10,13-17H2,1-2,4-5H3,(H,28,31). The van der Waals surface area contributed by atoms with Gasteiger partial charge in [-0.3, -0.25) is 4.79 Å². The Hall–Kier alpha value is -1.72. The van der Waals surface area contributed by atoms with Gasteiger partial charge in [0.2, 0.25) is 5.91 Å². The molecule has 1 atom stereocenters. The summed E-state index contributed by atoms with van der Waals surface area (Å²) >= 11 is 1.73. The molecule has 1 N–H and O–H groups in total. The van der Waals surface area contributed by atoms with Crippen LogP contribution in [0.4, 0.5) is 0 Å². The normalized spacial score (nSPS) is 16.1. The third-order valence-electron chi connectivity index (χ3n) is 6.68. The van der Waals surface area contributed by atoms with Gasteiger partial charge in [0.1, 0.15) is 0 Å². The molecule has 1 aromatic carbocycles. The second-order valence-electron chi connectivity index (χ2n) is 10.1. The predicted molar refractivity (Wildman–Crippen MR) is 137 cm³/mol. The second kappa shape index (κ2) is 11.9. The molecule has 5 heteroatoms. The summed E-state index contributed by atoms with van der Waals surface area (Å²) in [6, 6.07) is 6.76. The number of carbonyl (C=O) groups excluding carboxylic acids is 1. The fourth-order valence-corrected chi connectivity index (χ4v) is 5.64. The SMILES string of the molecule is C=C(CCN(C)C)CC(NC(=O)CCc1nc2ccc(C(C)C)cc2s1)C1CCCCC1. The van der Waals surface area contributed by atoms with E-state index in [0.717, 1.165) is 29.9 Å². The maximum atomic E-state index is 12.9. The minimum atomic E-state index is 0.156. The van der Waals surface area contributed by atoms with Crippen molar-refractivity contribution in [3.8, 4) is 0 Å². The maximum Gasteiger partial charge on any atom is 0.220 e. The Morgan fingerprint density at radius 3 is 2.66 bits per heavy atom. The highest BCUT2D eigenvalue weighted by Crippen LogP contribution is 2.30. The highest BCUT2D eigenvalue weighted by Gasteiger charge is 2.25. The number of thiazole rings is 1. The van der Waals surface area contributed by atoms with Crippen LogP contribution in [-0.2, 0) is 11.2 Å². The summed E-state index contributed by atoms with van der Waals surface area (Å²) in [5.74, 6) is 1.25. The molecule has 0 saturated heterocycles. The molecule has 32 heavy (non-hydrogen) atoms. The quantitative estimate of drug-likeness (QED) is 0.404. The summed E-state index contributed by atoms with van der Waals surface area (Å²) in [4.78, 5) is 19.9. The van der Waals surface area contributed by atoms with E-state index in [1.807, 2.05) is 0 Å². The number of rotatable bonds is 11. The van der Waals surface area contributed by atoms with Crippen LogP contribution >= 0.6 is 11.3 Å². The van der Waals surface area contributed by atoms with Crippen molar-refractivity contribution in [1.82, 2.24) is 15.2 Å². The molecule has 1 aliphatic rings. The number of nitrogens with one attached hydrogen (secondary N) is 1. The molecule has 176 valence electrons. The first kappa shape index (κ1) is 24.9. The van der Waals surface area contributed by atoms with Crippen molar-refractivity contribution >= 4 is 27.5 Å². The number of hydrogen-bond acceptors (Lipinski definition) is 4. The van der Waals surface area contributed by atoms with Crippen molar-refractivity contribution in [3.63, 3.8) is 0 Å². The highest BCUT2D eigenvalue weighted by atomic mass is 32.1. The minimum absolute atomic E-state index is 0.156. The Morgan fingerprint density at radius 1 is 1.22 bits per heavy atom. The van der Waals surface area contributed by atoms with Crippen LogP contribution in [0.5, 0.6) is 0 Å². The van der Waals surface area contributed by atoms with Crippen molar-refractivity contribution in [1.29, 1.82) is 0 Å². The van der Waals surface area contributed by atoms with E-state index in [2.05, 4.69) is 62.9 Å². The first-order valence-electron chi connectivity index (χ1n) is 12.3. The van der Waals surface area contributed by atoms with Gasteiger partial charge < -0.3 is 10.2 Å². The van der Waals surface area contributed by atoms with Gasteiger partial charge in [0, 0.05) is 25.4 Å². The van der Waals surface area contributed by atoms with E-state index in [1.165, 1.54) is 47.9 Å². The Kier molecular flexibility index (Phi) is 9.30. The third-order valence-corrected chi connectivity index (χ3v) is 7.75. The van der Waals surface area contributed by atoms with Gasteiger partial charge in [-0.25, -0.2) is 4.98 Å². The predicted octanol–water partition coefficient (Wildman–Crippen LogP) is 6.32. The number of nitrogens with zero attached hydrogens (tertiary/aromatic N) is 2. The molecule has 1 unspecified atom stereocenters. The first-order valence-corrected chi connectivity index (χ1v) is 13.1. The number of carbonyl (C=O) groups is 1. The Morgan fingerprint density at radius 2 is 1.97 bits per heavy atom. The smallest absolute Gasteiger partial charge is 0.220 e. The number of amides is 1. The Labute approximate surface area is 198 Å². The number of aromatic nitrogens is 1. The van der Waals surface area contributed by atoms with E-state index in [4.69, 9.17) is 4.98 Å². The van der Waals surface area contributed by atoms with Gasteiger partial charge in [-0.2, -0.15) is 0 Å². The van der Waals surface area contributed by atoms with Gasteiger partial charge in [0.05, 0.1) is 15.2 Å². The lowest BCUT2D eigenvalue weighted by atomic mass is 9.81. The van der Waals surface area contributed by atoms with E-state index < -0.39 is 0 Å². The lowest BCUT2D eigenvalue weighted by molar-refractivity contribution is -0.122. The summed E-state index contributed by atoms with van der Waals surface area (Å²) in [6.45, 7) is 9.76. The van der Waals surface area contributed by atoms with Gasteiger partial charge in [-0.1, -0.05) is 51.3 Å². The molecule has 1 amide bonds. The summed E-state index contributed by atoms with van der Waals surface area (Å²) in [7, 11) is 4.19. The Bertz CT molecular complexity index is 895. The van der Waals surface area contributed by atoms with E-state index in [-0.39, 0.29) is 11.9 Å². The van der Waals surface area contributed by atoms with Crippen LogP contribution in [0, 0.1) is 5.92 Å². The van der Waals surface area contributed by atoms with Crippen molar-refractivity contribution < 1.29 is 4.79 Å². The van der Waals surface area contributed by atoms with E-state index >= 15 is 0 Å². The number of benzene rings is 1. The van der Waals surface area contributed by atoms with E-state index in [0.29, 0.717) is 24.7 Å². The molecule has 0 spiro atoms. The molecule has 1 heterocycles. The summed E-state index contributed by atoms with van der Waals surface area (Å²) < 4.78 is 1.23. The lowest BCUT2D eigenvalue weighted by Crippen LogP contribution is -2.41. The second-order valence-corrected chi connectivity index (χ2v) is 11.2. The van der Waals surface area contributed by atoms with Crippen molar-refractivity contribution in [2.45, 2.75) is 83.6 Å². The fraction of sp³-hybridized carbons (Fsp3) is 0.630. The first-order chi connectivity index (χ1) is 15.3. The molecule has 1 aliphatic carbocycles. The third kappa shape index (κ3) is 7.41. The highest BCUT2D eigenvalue weighted by molar-refractivity contribution is 7.18. The van der Waals surface area contributed by atoms with E-state index in [1.54, 1.807) is 11.3 Å².